The average Bonchev–Trinajstić information content (AvgIpc) is 3.43. The van der Waals surface area contributed by atoms with Crippen LogP contribution < -0.4 is 14.4 Å². The van der Waals surface area contributed by atoms with Gasteiger partial charge in [-0.15, -0.1) is 0 Å². The predicted molar refractivity (Wildman–Crippen MR) is 136 cm³/mol. The van der Waals surface area contributed by atoms with Crippen molar-refractivity contribution >= 4 is 51.9 Å². The summed E-state index contributed by atoms with van der Waals surface area (Å²) < 4.78 is 12.0. The number of likely N-dealkylation sites (tertiary alicyclic amines) is 1. The lowest BCUT2D eigenvalue weighted by Crippen LogP contribution is -2.32. The molecule has 8 heteroatoms. The van der Waals surface area contributed by atoms with Crippen LogP contribution in [0.15, 0.2) is 47.4 Å². The van der Waals surface area contributed by atoms with Crippen molar-refractivity contribution in [1.29, 1.82) is 0 Å². The summed E-state index contributed by atoms with van der Waals surface area (Å²) >= 11 is 6.74. The number of benzene rings is 2. The number of anilines is 1. The number of amides is 2. The van der Waals surface area contributed by atoms with Gasteiger partial charge in [0.2, 0.25) is 0 Å². The fourth-order valence-corrected chi connectivity index (χ4v) is 5.03. The van der Waals surface area contributed by atoms with E-state index in [1.807, 2.05) is 55.1 Å². The smallest absolute Gasteiger partial charge is 0.270 e. The summed E-state index contributed by atoms with van der Waals surface area (Å²) in [5.41, 5.74) is 2.67. The van der Waals surface area contributed by atoms with Crippen LogP contribution in [0.2, 0.25) is 0 Å². The minimum Gasteiger partial charge on any atom is -0.490 e. The summed E-state index contributed by atoms with van der Waals surface area (Å²) in [6, 6.07) is 13.1. The number of thioether (sulfide) groups is 1. The van der Waals surface area contributed by atoms with Crippen LogP contribution in [0, 0.1) is 6.92 Å². The van der Waals surface area contributed by atoms with Crippen molar-refractivity contribution in [1.82, 2.24) is 4.90 Å². The minimum absolute atomic E-state index is 0.0150. The van der Waals surface area contributed by atoms with Crippen molar-refractivity contribution in [3.05, 3.63) is 58.5 Å². The molecule has 0 aromatic heterocycles. The normalized spacial score (nSPS) is 17.2. The van der Waals surface area contributed by atoms with E-state index >= 15 is 0 Å². The first-order chi connectivity index (χ1) is 16.0. The molecule has 0 atom stereocenters. The van der Waals surface area contributed by atoms with Crippen molar-refractivity contribution in [3.63, 3.8) is 0 Å². The molecule has 2 fully saturated rings. The minimum atomic E-state index is -0.150. The van der Waals surface area contributed by atoms with Crippen molar-refractivity contribution in [3.8, 4) is 11.5 Å². The standard InChI is InChI=1S/C25H26N2O4S2/c1-3-30-21-14-18(8-11-20(21)31-16-23(28)26-12-4-5-13-26)15-22-24(29)27(25(32)33-22)19-9-6-17(2)7-10-19/h6-11,14-15H,3-5,12-13,16H2,1-2H3/b22-15+. The van der Waals surface area contributed by atoms with Gasteiger partial charge in [0.05, 0.1) is 17.2 Å². The number of thiocarbonyl (C=S) groups is 1. The first kappa shape index (κ1) is 23.3. The van der Waals surface area contributed by atoms with Crippen molar-refractivity contribution in [2.75, 3.05) is 31.2 Å². The van der Waals surface area contributed by atoms with Gasteiger partial charge < -0.3 is 14.4 Å². The Hall–Kier alpha value is -2.84. The van der Waals surface area contributed by atoms with Crippen LogP contribution in [0.3, 0.4) is 0 Å². The molecule has 0 bridgehead atoms. The zero-order chi connectivity index (χ0) is 23.4. The molecule has 6 nitrogen and oxygen atoms in total. The van der Waals surface area contributed by atoms with Crippen molar-refractivity contribution in [2.24, 2.45) is 0 Å². The number of carbonyl (C=O) groups excluding carboxylic acids is 2. The first-order valence-electron chi connectivity index (χ1n) is 11.0. The Morgan fingerprint density at radius 1 is 1.09 bits per heavy atom. The molecule has 33 heavy (non-hydrogen) atoms. The number of rotatable bonds is 7. The molecular weight excluding hydrogens is 456 g/mol. The van der Waals surface area contributed by atoms with Crippen LogP contribution in [-0.4, -0.2) is 47.3 Å². The summed E-state index contributed by atoms with van der Waals surface area (Å²) in [7, 11) is 0. The monoisotopic (exact) mass is 482 g/mol. The van der Waals surface area contributed by atoms with Gasteiger partial charge in [-0.25, -0.2) is 0 Å². The lowest BCUT2D eigenvalue weighted by Gasteiger charge is -2.17. The maximum Gasteiger partial charge on any atom is 0.270 e. The molecule has 2 saturated heterocycles. The molecule has 2 aliphatic heterocycles. The van der Waals surface area contributed by atoms with E-state index < -0.39 is 0 Å². The zero-order valence-corrected chi connectivity index (χ0v) is 20.3. The molecule has 0 aliphatic carbocycles. The number of nitrogens with zero attached hydrogens (tertiary/aromatic N) is 2. The van der Waals surface area contributed by atoms with Crippen molar-refractivity contribution in [2.45, 2.75) is 26.7 Å². The molecule has 172 valence electrons. The van der Waals surface area contributed by atoms with Crippen LogP contribution in [0.25, 0.3) is 6.08 Å². The van der Waals surface area contributed by atoms with Crippen LogP contribution >= 0.6 is 24.0 Å². The highest BCUT2D eigenvalue weighted by Gasteiger charge is 2.33. The molecule has 0 saturated carbocycles. The molecule has 2 aromatic rings. The van der Waals surface area contributed by atoms with E-state index in [1.165, 1.54) is 11.8 Å². The molecular formula is C25H26N2O4S2. The number of aryl methyl sites for hydroxylation is 1. The van der Waals surface area contributed by atoms with Gasteiger partial charge in [-0.05, 0) is 62.6 Å². The molecule has 0 N–H and O–H groups in total. The molecule has 2 amide bonds. The van der Waals surface area contributed by atoms with Gasteiger partial charge in [-0.2, -0.15) is 0 Å². The number of carbonyl (C=O) groups is 2. The van der Waals surface area contributed by atoms with Gasteiger partial charge >= 0.3 is 0 Å². The Morgan fingerprint density at radius 3 is 2.52 bits per heavy atom. The second kappa shape index (κ2) is 10.4. The fraction of sp³-hybridized carbons (Fsp3) is 0.320. The average molecular weight is 483 g/mol. The maximum absolute atomic E-state index is 13.0. The van der Waals surface area contributed by atoms with Gasteiger partial charge in [0.1, 0.15) is 0 Å². The summed E-state index contributed by atoms with van der Waals surface area (Å²) in [5.74, 6) is 0.880. The Labute approximate surface area is 203 Å². The Kier molecular flexibility index (Phi) is 7.35. The number of hydrogen-bond acceptors (Lipinski definition) is 6. The summed E-state index contributed by atoms with van der Waals surface area (Å²) in [6.45, 7) is 5.91. The second-order valence-corrected chi connectivity index (χ2v) is 9.54. The van der Waals surface area contributed by atoms with E-state index in [4.69, 9.17) is 21.7 Å². The van der Waals surface area contributed by atoms with Gasteiger partial charge in [-0.3, -0.25) is 14.5 Å². The third-order valence-corrected chi connectivity index (χ3v) is 6.76. The van der Waals surface area contributed by atoms with E-state index in [-0.39, 0.29) is 18.4 Å². The molecule has 2 aromatic carbocycles. The summed E-state index contributed by atoms with van der Waals surface area (Å²) in [6.07, 6.45) is 3.89. The van der Waals surface area contributed by atoms with E-state index in [0.717, 1.165) is 42.7 Å². The molecule has 2 heterocycles. The third kappa shape index (κ3) is 5.39. The van der Waals surface area contributed by atoms with Gasteiger partial charge in [0.25, 0.3) is 11.8 Å². The first-order valence-corrected chi connectivity index (χ1v) is 12.2. The van der Waals surface area contributed by atoms with Gasteiger partial charge in [-0.1, -0.05) is 47.7 Å². The number of ether oxygens (including phenoxy) is 2. The zero-order valence-electron chi connectivity index (χ0n) is 18.7. The quantitative estimate of drug-likeness (QED) is 0.417. The Bertz CT molecular complexity index is 1090. The highest BCUT2D eigenvalue weighted by Crippen LogP contribution is 2.37. The second-order valence-electron chi connectivity index (χ2n) is 7.87. The van der Waals surface area contributed by atoms with Crippen LogP contribution in [0.4, 0.5) is 5.69 Å². The lowest BCUT2D eigenvalue weighted by atomic mass is 10.1. The highest BCUT2D eigenvalue weighted by atomic mass is 32.2. The van der Waals surface area contributed by atoms with E-state index in [2.05, 4.69) is 0 Å². The Morgan fingerprint density at radius 2 is 1.82 bits per heavy atom. The maximum atomic E-state index is 13.0. The molecule has 0 radical (unpaired) electrons. The van der Waals surface area contributed by atoms with E-state index in [1.54, 1.807) is 17.0 Å². The molecule has 4 rings (SSSR count). The van der Waals surface area contributed by atoms with E-state index in [9.17, 15) is 9.59 Å². The largest absolute Gasteiger partial charge is 0.490 e. The SMILES string of the molecule is CCOc1cc(/C=C2/SC(=S)N(c3ccc(C)cc3)C2=O)ccc1OCC(=O)N1CCCC1. The van der Waals surface area contributed by atoms with Crippen LogP contribution in [0.5, 0.6) is 11.5 Å². The number of hydrogen-bond donors (Lipinski definition) is 0. The van der Waals surface area contributed by atoms with Crippen LogP contribution in [0.1, 0.15) is 30.9 Å². The molecule has 2 aliphatic rings. The van der Waals surface area contributed by atoms with Crippen LogP contribution in [-0.2, 0) is 9.59 Å². The van der Waals surface area contributed by atoms with Crippen molar-refractivity contribution < 1.29 is 19.1 Å². The summed E-state index contributed by atoms with van der Waals surface area (Å²) in [5, 5.41) is 0. The highest BCUT2D eigenvalue weighted by molar-refractivity contribution is 8.27. The fourth-order valence-electron chi connectivity index (χ4n) is 3.73. The topological polar surface area (TPSA) is 59.1 Å². The molecule has 0 spiro atoms. The third-order valence-electron chi connectivity index (χ3n) is 5.46. The Balaban J connectivity index is 1.50. The van der Waals surface area contributed by atoms with Gasteiger partial charge in [0.15, 0.2) is 22.4 Å². The van der Waals surface area contributed by atoms with Gasteiger partial charge in [0, 0.05) is 13.1 Å². The predicted octanol–water partition coefficient (Wildman–Crippen LogP) is 4.80. The lowest BCUT2D eigenvalue weighted by molar-refractivity contribution is -0.132. The van der Waals surface area contributed by atoms with E-state index in [0.29, 0.717) is 27.3 Å². The summed E-state index contributed by atoms with van der Waals surface area (Å²) in [4.78, 5) is 29.3. The molecule has 0 unspecified atom stereocenters.